The van der Waals surface area contributed by atoms with Crippen molar-refractivity contribution in [2.45, 2.75) is 55.4 Å². The van der Waals surface area contributed by atoms with E-state index in [2.05, 4.69) is 338 Å². The molecule has 12 rings (SSSR count). The molecule has 0 spiro atoms. The molecule has 0 saturated heterocycles. The molecule has 0 aliphatic heterocycles. The Labute approximate surface area is 476 Å². The summed E-state index contributed by atoms with van der Waals surface area (Å²) in [4.78, 5) is 0. The minimum atomic E-state index is 0. The fraction of sp³-hybridized carbons (Fsp3) is 0.114. The SMILES string of the molecule is C[C](C)=[Ti+2].C[C](C)=[Ti+2].Cc1cc2c(-c3ccccc3)cccc2[cH-]1.Cc1cc2c(-c3ccccc3)cccc2[cH-]1.Cc1cc2c(-c3ccccc3)cccc2[cH-]1.Cc1cc2c(-c3ccccc3)cccc2[cH-]1.[Cl-].[Cl-]. The van der Waals surface area contributed by atoms with Crippen molar-refractivity contribution in [3.8, 4) is 44.5 Å². The van der Waals surface area contributed by atoms with Gasteiger partial charge in [0.15, 0.2) is 0 Å². The summed E-state index contributed by atoms with van der Waals surface area (Å²) in [7, 11) is 0. The van der Waals surface area contributed by atoms with Gasteiger partial charge in [0, 0.05) is 0 Å². The van der Waals surface area contributed by atoms with Gasteiger partial charge in [-0.2, -0.15) is 24.3 Å². The smallest absolute Gasteiger partial charge is 0.0279 e. The number of fused-ring (bicyclic) bond motifs is 4. The van der Waals surface area contributed by atoms with E-state index in [1.165, 1.54) is 117 Å². The molecule has 12 aromatic rings. The van der Waals surface area contributed by atoms with Gasteiger partial charge < -0.3 is 24.8 Å². The molecule has 368 valence electrons. The van der Waals surface area contributed by atoms with E-state index in [-0.39, 0.29) is 24.8 Å². The maximum absolute atomic E-state index is 2.26. The second-order valence-corrected chi connectivity index (χ2v) is 22.0. The van der Waals surface area contributed by atoms with Crippen molar-refractivity contribution in [1.29, 1.82) is 0 Å². The van der Waals surface area contributed by atoms with Crippen molar-refractivity contribution in [2.75, 3.05) is 0 Å². The van der Waals surface area contributed by atoms with Crippen LogP contribution in [0.25, 0.3) is 87.6 Å². The topological polar surface area (TPSA) is 0 Å². The minimum Gasteiger partial charge on any atom is -1.00 e. The van der Waals surface area contributed by atoms with Crippen LogP contribution in [0.3, 0.4) is 0 Å². The molecule has 0 aliphatic carbocycles. The molecule has 0 aliphatic rings. The molecule has 0 N–H and O–H groups in total. The average Bonchev–Trinajstić information content (AvgIpc) is 4.18. The molecule has 0 bridgehead atoms. The summed E-state index contributed by atoms with van der Waals surface area (Å²) in [6, 6.07) is 86.2. The number of hydrogen-bond donors (Lipinski definition) is 0. The molecule has 0 fully saturated rings. The van der Waals surface area contributed by atoms with Crippen LogP contribution in [0.2, 0.25) is 0 Å². The zero-order chi connectivity index (χ0) is 51.0. The van der Waals surface area contributed by atoms with Crippen LogP contribution in [0.5, 0.6) is 0 Å². The van der Waals surface area contributed by atoms with Crippen LogP contribution in [-0.4, -0.2) is 7.62 Å². The number of benzene rings is 8. The van der Waals surface area contributed by atoms with Crippen LogP contribution in [-0.2, 0) is 39.9 Å². The summed E-state index contributed by atoms with van der Waals surface area (Å²) in [5.41, 5.74) is 15.8. The van der Waals surface area contributed by atoms with Crippen LogP contribution in [0.4, 0.5) is 0 Å². The van der Waals surface area contributed by atoms with E-state index in [9.17, 15) is 0 Å². The first-order chi connectivity index (χ1) is 34.8. The maximum atomic E-state index is 2.26. The quantitative estimate of drug-likeness (QED) is 0.122. The standard InChI is InChI=1S/4C16H13.2C3H6.2ClH.2Ti/c4*1-12-10-14-8-5-9-15(16(14)11-12)13-6-3-2-4-7-13;2*1-3-2;;;;/h4*2-11H,1H3;2*1-2H3;2*1H;;/q4*-1;;;;;2*+2/p-2. The number of hydrogen-bond acceptors (Lipinski definition) is 0. The third-order valence-electron chi connectivity index (χ3n) is 11.9. The third kappa shape index (κ3) is 16.5. The van der Waals surface area contributed by atoms with E-state index in [0.29, 0.717) is 0 Å². The van der Waals surface area contributed by atoms with Crippen molar-refractivity contribution in [3.63, 3.8) is 0 Å². The van der Waals surface area contributed by atoms with E-state index in [1.807, 2.05) is 0 Å². The third-order valence-corrected chi connectivity index (χ3v) is 11.9. The molecule has 0 amide bonds. The second-order valence-electron chi connectivity index (χ2n) is 18.8. The zero-order valence-corrected chi connectivity index (χ0v) is 48.5. The first-order valence-corrected chi connectivity index (χ1v) is 26.3. The van der Waals surface area contributed by atoms with Crippen LogP contribution < -0.4 is 24.8 Å². The van der Waals surface area contributed by atoms with Gasteiger partial charge in [-0.3, -0.25) is 0 Å². The molecule has 0 atom stereocenters. The summed E-state index contributed by atoms with van der Waals surface area (Å²) in [6.07, 6.45) is 0. The van der Waals surface area contributed by atoms with E-state index >= 15 is 0 Å². The van der Waals surface area contributed by atoms with Crippen LogP contribution in [0.1, 0.15) is 49.9 Å². The van der Waals surface area contributed by atoms with E-state index in [0.717, 1.165) is 0 Å². The molecule has 0 unspecified atom stereocenters. The van der Waals surface area contributed by atoms with Gasteiger partial charge >= 0.3 is 75.3 Å². The molecule has 74 heavy (non-hydrogen) atoms. The number of rotatable bonds is 4. The van der Waals surface area contributed by atoms with Gasteiger partial charge in [-0.15, -0.1) is 138 Å². The van der Waals surface area contributed by atoms with Gasteiger partial charge in [-0.05, 0) is 22.3 Å². The summed E-state index contributed by atoms with van der Waals surface area (Å²) < 4.78 is 2.83. The Kier molecular flexibility index (Phi) is 23.2. The Morgan fingerprint density at radius 2 is 0.446 bits per heavy atom. The monoisotopic (exact) mass is 1070 g/mol. The van der Waals surface area contributed by atoms with E-state index in [1.54, 1.807) is 0 Å². The predicted octanol–water partition coefficient (Wildman–Crippen LogP) is 13.6. The average molecular weight is 1070 g/mol. The summed E-state index contributed by atoms with van der Waals surface area (Å²) >= 11 is 4.17. The first kappa shape index (κ1) is 58.8. The summed E-state index contributed by atoms with van der Waals surface area (Å²) in [6.45, 7) is 16.9. The summed E-state index contributed by atoms with van der Waals surface area (Å²) in [5.74, 6) is 0. The Bertz CT molecular complexity index is 3140. The second kappa shape index (κ2) is 29.1. The number of aryl methyl sites for hydroxylation is 4. The molecular weight excluding hydrogens is 1010 g/mol. The molecule has 0 saturated carbocycles. The van der Waals surface area contributed by atoms with Crippen molar-refractivity contribution in [1.82, 2.24) is 0 Å². The molecule has 12 aromatic carbocycles. The molecule has 4 heteroatoms. The van der Waals surface area contributed by atoms with E-state index in [4.69, 9.17) is 0 Å². The Hall–Kier alpha value is -6.05. The molecule has 0 aromatic heterocycles. The summed E-state index contributed by atoms with van der Waals surface area (Å²) in [5, 5.41) is 10.7. The minimum absolute atomic E-state index is 0. The van der Waals surface area contributed by atoms with Crippen molar-refractivity contribution < 1.29 is 64.8 Å². The molecule has 0 radical (unpaired) electrons. The largest absolute Gasteiger partial charge is 1.00 e. The molecular formula is C70H64Cl2Ti2-2. The number of halogens is 2. The first-order valence-electron chi connectivity index (χ1n) is 24.7. The fourth-order valence-corrected chi connectivity index (χ4v) is 9.02. The van der Waals surface area contributed by atoms with Crippen LogP contribution >= 0.6 is 0 Å². The van der Waals surface area contributed by atoms with Gasteiger partial charge in [0.2, 0.25) is 0 Å². The Balaban J connectivity index is 0.000000173. The Morgan fingerprint density at radius 3 is 0.622 bits per heavy atom. The van der Waals surface area contributed by atoms with Gasteiger partial charge in [0.25, 0.3) is 0 Å². The van der Waals surface area contributed by atoms with Crippen LogP contribution in [0, 0.1) is 27.7 Å². The maximum Gasteiger partial charge on any atom is -0.0279 e. The zero-order valence-electron chi connectivity index (χ0n) is 43.8. The normalized spacial score (nSPS) is 10.1. The van der Waals surface area contributed by atoms with Gasteiger partial charge in [-0.1, -0.05) is 196 Å². The van der Waals surface area contributed by atoms with Gasteiger partial charge in [-0.25, -0.2) is 0 Å². The van der Waals surface area contributed by atoms with Gasteiger partial charge in [0.05, 0.1) is 0 Å². The van der Waals surface area contributed by atoms with Crippen molar-refractivity contribution in [3.05, 3.63) is 265 Å². The molecule has 0 nitrogen and oxygen atoms in total. The van der Waals surface area contributed by atoms with Gasteiger partial charge in [0.1, 0.15) is 0 Å². The van der Waals surface area contributed by atoms with Crippen molar-refractivity contribution >= 4 is 50.7 Å². The van der Waals surface area contributed by atoms with Crippen molar-refractivity contribution in [2.24, 2.45) is 0 Å². The Morgan fingerprint density at radius 1 is 0.270 bits per heavy atom. The predicted molar refractivity (Wildman–Crippen MR) is 312 cm³/mol. The van der Waals surface area contributed by atoms with Crippen LogP contribution in [0.15, 0.2) is 243 Å². The fourth-order valence-electron chi connectivity index (χ4n) is 9.02. The van der Waals surface area contributed by atoms with E-state index < -0.39 is 0 Å². The molecule has 0 heterocycles.